The molecule has 26 heteroatoms. The first kappa shape index (κ1) is 77.1. The number of fused-ring (bicyclic) bond motifs is 4. The SMILES string of the molecule is C=CCS(=O)(=O)Nc1cccc2ccc(CN(C)C)nc12.Cc1ccc(S(=O)(=O)Nc2cccc3ccc(C(=O)CCCCN(C)C)nc23)cc1.Cc1ccc(S(=O)(=O)Nc2cccc3ccc(CN(C)C)nc23)cc1.Cc1ccc(S(=O)(=O)Nc2cccc3ccc(CN(C)C)nc23)cn1. The van der Waals surface area contributed by atoms with Crippen molar-refractivity contribution in [3.63, 3.8) is 0 Å². The van der Waals surface area contributed by atoms with E-state index < -0.39 is 40.1 Å². The predicted molar refractivity (Wildman–Crippen MR) is 407 cm³/mol. The zero-order valence-corrected chi connectivity index (χ0v) is 61.9. The van der Waals surface area contributed by atoms with Crippen LogP contribution in [0.3, 0.4) is 0 Å². The maximum absolute atomic E-state index is 12.8. The highest BCUT2D eigenvalue weighted by Gasteiger charge is 2.21. The van der Waals surface area contributed by atoms with Crippen molar-refractivity contribution in [1.29, 1.82) is 0 Å². The van der Waals surface area contributed by atoms with Gasteiger partial charge in [0.2, 0.25) is 10.0 Å². The number of anilines is 4. The number of ketones is 1. The molecule has 0 amide bonds. The molecule has 101 heavy (non-hydrogen) atoms. The maximum atomic E-state index is 12.8. The third-order valence-corrected chi connectivity index (χ3v) is 20.5. The standard InChI is InChI=1S/C23H27N3O3S.C19H21N3O2S.C18H20N4O2S.C15H19N3O2S/c1-17-10-13-19(14-11-17)30(28,29)25-21-8-6-7-18-12-15-20(24-23(18)21)22(27)9-4-5-16-26(2)3;1-14-7-11-17(12-8-14)25(23,24)21-18-6-4-5-15-9-10-16(13-22(2)3)20-19(15)18;1-13-7-10-16(11-19-13)25(23,24)21-17-6-4-5-14-8-9-15(12-22(2)3)20-18(14)17;1-4-10-21(19,20)17-14-7-5-6-12-8-9-13(11-18(2)3)16-15(12)14/h6-8,10-15,25H,4-5,9,16H2,1-3H3;4-12,21H,13H2,1-3H3;4-11,21H,12H2,1-3H3;4-9,17H,1,10-11H2,2-3H3. The zero-order chi connectivity index (χ0) is 73.2. The van der Waals surface area contributed by atoms with E-state index >= 15 is 0 Å². The Balaban J connectivity index is 0.000000172. The molecule has 11 aromatic rings. The molecular weight excluding hydrogens is 1360 g/mol. The van der Waals surface area contributed by atoms with Gasteiger partial charge in [-0.3, -0.25) is 28.7 Å². The van der Waals surface area contributed by atoms with E-state index in [1.807, 2.05) is 159 Å². The molecule has 0 saturated carbocycles. The first-order valence-corrected chi connectivity index (χ1v) is 38.4. The van der Waals surface area contributed by atoms with Gasteiger partial charge in [-0.1, -0.05) is 114 Å². The molecule has 11 rings (SSSR count). The van der Waals surface area contributed by atoms with Crippen LogP contribution < -0.4 is 18.9 Å². The number of Topliss-reactive ketones (excluding diaryl/α,β-unsaturated/α-hetero) is 1. The van der Waals surface area contributed by atoms with Crippen LogP contribution in [0.4, 0.5) is 22.7 Å². The van der Waals surface area contributed by atoms with Crippen LogP contribution in [0.2, 0.25) is 0 Å². The number of carbonyl (C=O) groups is 1. The lowest BCUT2D eigenvalue weighted by Gasteiger charge is -2.13. The third-order valence-electron chi connectivity index (χ3n) is 15.2. The summed E-state index contributed by atoms with van der Waals surface area (Å²) in [7, 11) is 1.24. The third kappa shape index (κ3) is 22.4. The summed E-state index contributed by atoms with van der Waals surface area (Å²) in [6.45, 7) is 12.1. The minimum Gasteiger partial charge on any atom is -0.309 e. The van der Waals surface area contributed by atoms with Gasteiger partial charge in [0.15, 0.2) is 5.78 Å². The van der Waals surface area contributed by atoms with E-state index in [9.17, 15) is 38.5 Å². The lowest BCUT2D eigenvalue weighted by molar-refractivity contribution is 0.0974. The smallest absolute Gasteiger partial charge is 0.263 e. The summed E-state index contributed by atoms with van der Waals surface area (Å²) < 4.78 is 110. The van der Waals surface area contributed by atoms with Crippen molar-refractivity contribution in [2.24, 2.45) is 0 Å². The van der Waals surface area contributed by atoms with E-state index in [-0.39, 0.29) is 26.2 Å². The monoisotopic (exact) mass is 1440 g/mol. The van der Waals surface area contributed by atoms with Crippen LogP contribution in [0.25, 0.3) is 43.6 Å². The van der Waals surface area contributed by atoms with Gasteiger partial charge < -0.3 is 19.6 Å². The number of nitrogens with zero attached hydrogens (tertiary/aromatic N) is 9. The Bertz CT molecular complexity index is 5020. The van der Waals surface area contributed by atoms with Crippen molar-refractivity contribution in [1.82, 2.24) is 44.5 Å². The molecule has 6 aromatic carbocycles. The number of para-hydroxylation sites is 4. The molecule has 5 aromatic heterocycles. The number of aryl methyl sites for hydroxylation is 3. The van der Waals surface area contributed by atoms with Crippen LogP contribution in [0.1, 0.15) is 63.7 Å². The minimum atomic E-state index is -3.76. The molecule has 0 saturated heterocycles. The van der Waals surface area contributed by atoms with E-state index in [1.54, 1.807) is 115 Å². The molecule has 0 atom stereocenters. The van der Waals surface area contributed by atoms with E-state index in [2.05, 4.69) is 55.3 Å². The number of benzene rings is 6. The van der Waals surface area contributed by atoms with Crippen LogP contribution in [0.15, 0.2) is 216 Å². The van der Waals surface area contributed by atoms with Crippen LogP contribution >= 0.6 is 0 Å². The van der Waals surface area contributed by atoms with Crippen LogP contribution in [-0.4, -0.2) is 153 Å². The zero-order valence-electron chi connectivity index (χ0n) is 58.7. The normalized spacial score (nSPS) is 11.8. The van der Waals surface area contributed by atoms with Crippen LogP contribution in [-0.2, 0) is 59.7 Å². The van der Waals surface area contributed by atoms with Gasteiger partial charge in [-0.2, -0.15) is 0 Å². The Morgan fingerprint density at radius 3 is 1.12 bits per heavy atom. The molecule has 22 nitrogen and oxygen atoms in total. The molecule has 0 spiro atoms. The number of pyridine rings is 5. The van der Waals surface area contributed by atoms with Crippen LogP contribution in [0.5, 0.6) is 0 Å². The fourth-order valence-electron chi connectivity index (χ4n) is 10.3. The highest BCUT2D eigenvalue weighted by atomic mass is 32.2. The lowest BCUT2D eigenvalue weighted by atomic mass is 10.1. The highest BCUT2D eigenvalue weighted by Crippen LogP contribution is 2.30. The number of rotatable bonds is 25. The van der Waals surface area contributed by atoms with Gasteiger partial charge in [0.25, 0.3) is 30.1 Å². The second-order valence-electron chi connectivity index (χ2n) is 25.3. The average molecular weight is 1440 g/mol. The van der Waals surface area contributed by atoms with Crippen molar-refractivity contribution < 1.29 is 38.5 Å². The second-order valence-corrected chi connectivity index (χ2v) is 32.1. The highest BCUT2D eigenvalue weighted by molar-refractivity contribution is 7.93. The Kier molecular flexibility index (Phi) is 26.4. The molecular formula is C75H87N13O9S4. The Morgan fingerprint density at radius 1 is 0.406 bits per heavy atom. The predicted octanol–water partition coefficient (Wildman–Crippen LogP) is 12.7. The van der Waals surface area contributed by atoms with Crippen LogP contribution in [0, 0.1) is 20.8 Å². The van der Waals surface area contributed by atoms with Crippen molar-refractivity contribution >= 4 is 112 Å². The Labute approximate surface area is 593 Å². The number of aromatic nitrogens is 5. The lowest BCUT2D eigenvalue weighted by Crippen LogP contribution is -2.16. The van der Waals surface area contributed by atoms with Gasteiger partial charge in [-0.25, -0.2) is 53.6 Å². The second kappa shape index (κ2) is 34.6. The molecule has 0 aliphatic carbocycles. The number of carbonyl (C=O) groups excluding carboxylic acids is 1. The first-order valence-electron chi connectivity index (χ1n) is 32.3. The topological polar surface area (TPSA) is 279 Å². The molecule has 4 N–H and O–H groups in total. The van der Waals surface area contributed by atoms with E-state index in [0.717, 1.165) is 74.8 Å². The summed E-state index contributed by atoms with van der Waals surface area (Å²) >= 11 is 0. The fourth-order valence-corrected chi connectivity index (χ4v) is 14.3. The summed E-state index contributed by atoms with van der Waals surface area (Å²) in [6.07, 6.45) is 4.86. The number of hydrogen-bond acceptors (Lipinski definition) is 18. The first-order chi connectivity index (χ1) is 47.9. The van der Waals surface area contributed by atoms with Crippen molar-refractivity contribution in [2.45, 2.75) is 74.4 Å². The Hall–Kier alpha value is -9.64. The van der Waals surface area contributed by atoms with Gasteiger partial charge in [0.1, 0.15) is 10.6 Å². The molecule has 0 bridgehead atoms. The minimum absolute atomic E-state index is 0.0353. The summed E-state index contributed by atoms with van der Waals surface area (Å²) in [5.74, 6) is -0.160. The molecule has 0 unspecified atom stereocenters. The van der Waals surface area contributed by atoms with Gasteiger partial charge in [-0.15, -0.1) is 6.58 Å². The van der Waals surface area contributed by atoms with Crippen molar-refractivity contribution in [2.75, 3.05) is 87.6 Å². The van der Waals surface area contributed by atoms with Gasteiger partial charge in [-0.05, 0) is 181 Å². The Morgan fingerprint density at radius 2 is 0.762 bits per heavy atom. The van der Waals surface area contributed by atoms with Crippen molar-refractivity contribution in [3.8, 4) is 0 Å². The molecule has 0 fully saturated rings. The number of unbranched alkanes of at least 4 members (excludes halogenated alkanes) is 1. The average Bonchev–Trinajstić information content (AvgIpc) is 0.808. The van der Waals surface area contributed by atoms with Gasteiger partial charge in [0, 0.05) is 59.5 Å². The van der Waals surface area contributed by atoms with Gasteiger partial charge >= 0.3 is 0 Å². The van der Waals surface area contributed by atoms with E-state index in [4.69, 9.17) is 0 Å². The summed E-state index contributed by atoms with van der Waals surface area (Å²) in [4.78, 5) is 43.6. The molecule has 530 valence electrons. The van der Waals surface area contributed by atoms with E-state index in [1.165, 1.54) is 12.3 Å². The maximum Gasteiger partial charge on any atom is 0.263 e. The van der Waals surface area contributed by atoms with Gasteiger partial charge in [0.05, 0.1) is 77.4 Å². The summed E-state index contributed by atoms with van der Waals surface area (Å²) in [5.41, 5.74) is 9.97. The number of hydrogen-bond donors (Lipinski definition) is 4. The number of sulfonamides is 4. The quantitative estimate of drug-likeness (QED) is 0.0235. The summed E-state index contributed by atoms with van der Waals surface area (Å²) in [5, 5.41) is 3.44. The number of nitrogens with one attached hydrogen (secondary N) is 4. The largest absolute Gasteiger partial charge is 0.309 e. The molecule has 0 aliphatic heterocycles. The molecule has 0 aliphatic rings. The van der Waals surface area contributed by atoms with Crippen molar-refractivity contribution in [3.05, 3.63) is 240 Å². The molecule has 5 heterocycles. The molecule has 0 radical (unpaired) electrons. The fraction of sp³-hybridized carbons (Fsp3) is 0.253. The summed E-state index contributed by atoms with van der Waals surface area (Å²) in [6, 6.07) is 53.5. The van der Waals surface area contributed by atoms with E-state index in [0.29, 0.717) is 76.6 Å².